The summed E-state index contributed by atoms with van der Waals surface area (Å²) in [5.41, 5.74) is 8.03. The van der Waals surface area contributed by atoms with E-state index >= 15 is 0 Å². The Morgan fingerprint density at radius 3 is 2.31 bits per heavy atom. The number of amides is 1. The molecule has 0 radical (unpaired) electrons. The monoisotopic (exact) mass is 516 g/mol. The third-order valence-electron chi connectivity index (χ3n) is 4.50. The highest BCUT2D eigenvalue weighted by Gasteiger charge is 2.23. The minimum absolute atomic E-state index is 0. The van der Waals surface area contributed by atoms with Gasteiger partial charge in [-0.3, -0.25) is 9.78 Å². The summed E-state index contributed by atoms with van der Waals surface area (Å²) >= 11 is 5.91. The van der Waals surface area contributed by atoms with E-state index in [2.05, 4.69) is 10.3 Å². The van der Waals surface area contributed by atoms with E-state index in [9.17, 15) is 13.2 Å². The first-order chi connectivity index (χ1) is 14.3. The van der Waals surface area contributed by atoms with Crippen LogP contribution in [-0.2, 0) is 10.0 Å². The highest BCUT2D eigenvalue weighted by atomic mass is 35.5. The van der Waals surface area contributed by atoms with Gasteiger partial charge in [0, 0.05) is 48.3 Å². The van der Waals surface area contributed by atoms with Gasteiger partial charge in [0.05, 0.1) is 4.90 Å². The molecule has 3 rings (SSSR count). The van der Waals surface area contributed by atoms with E-state index in [-0.39, 0.29) is 42.2 Å². The summed E-state index contributed by atoms with van der Waals surface area (Å²) in [5, 5.41) is 3.12. The molecule has 1 amide bonds. The Morgan fingerprint density at radius 2 is 1.72 bits per heavy atom. The third kappa shape index (κ3) is 6.90. The number of aromatic nitrogens is 1. The first-order valence-corrected chi connectivity index (χ1v) is 10.9. The molecule has 0 aliphatic heterocycles. The lowest BCUT2D eigenvalue weighted by atomic mass is 10.1. The Balaban J connectivity index is 0.00000256. The van der Waals surface area contributed by atoms with Crippen molar-refractivity contribution in [1.29, 1.82) is 0 Å². The number of benzene rings is 2. The maximum atomic E-state index is 12.7. The quantitative estimate of drug-likeness (QED) is 0.490. The van der Waals surface area contributed by atoms with Crippen molar-refractivity contribution >= 4 is 58.0 Å². The van der Waals surface area contributed by atoms with Crippen LogP contribution >= 0.6 is 36.4 Å². The molecule has 3 N–H and O–H groups in total. The standard InChI is InChI=1S/C21H21ClN4O3S.2ClH/c1-26(30(28,29)19-4-2-3-17(22)13-19)14-20(23)15-5-7-16(8-6-15)21(27)25-18-9-11-24-12-10-18;;/h2-13,20H,14,23H2,1H3,(H,24,25,27);2*1H. The van der Waals surface area contributed by atoms with E-state index in [0.29, 0.717) is 21.8 Å². The smallest absolute Gasteiger partial charge is 0.255 e. The number of likely N-dealkylation sites (N-methyl/N-ethyl adjacent to an activating group) is 1. The van der Waals surface area contributed by atoms with Crippen LogP contribution in [0, 0.1) is 0 Å². The lowest BCUT2D eigenvalue weighted by Gasteiger charge is -2.22. The summed E-state index contributed by atoms with van der Waals surface area (Å²) in [5.74, 6) is -0.262. The molecule has 172 valence electrons. The van der Waals surface area contributed by atoms with Crippen LogP contribution in [0.25, 0.3) is 0 Å². The van der Waals surface area contributed by atoms with Crippen molar-refractivity contribution in [3.63, 3.8) is 0 Å². The predicted molar refractivity (Wildman–Crippen MR) is 131 cm³/mol. The Hall–Kier alpha value is -2.20. The number of anilines is 1. The summed E-state index contributed by atoms with van der Waals surface area (Å²) in [6, 6.07) is 15.6. The molecule has 11 heteroatoms. The minimum Gasteiger partial charge on any atom is -0.323 e. The zero-order valence-corrected chi connectivity index (χ0v) is 20.2. The summed E-state index contributed by atoms with van der Waals surface area (Å²) in [4.78, 5) is 16.3. The predicted octanol–water partition coefficient (Wildman–Crippen LogP) is 4.15. The van der Waals surface area contributed by atoms with Gasteiger partial charge < -0.3 is 11.1 Å². The second-order valence-electron chi connectivity index (χ2n) is 6.66. The Morgan fingerprint density at radius 1 is 1.09 bits per heavy atom. The number of nitrogens with zero attached hydrogens (tertiary/aromatic N) is 2. The van der Waals surface area contributed by atoms with Crippen LogP contribution < -0.4 is 11.1 Å². The van der Waals surface area contributed by atoms with Gasteiger partial charge in [-0.2, -0.15) is 4.31 Å². The fourth-order valence-corrected chi connectivity index (χ4v) is 4.31. The van der Waals surface area contributed by atoms with E-state index < -0.39 is 16.1 Å². The van der Waals surface area contributed by atoms with Crippen LogP contribution in [0.5, 0.6) is 0 Å². The van der Waals surface area contributed by atoms with E-state index in [1.807, 2.05) is 0 Å². The minimum atomic E-state index is -3.72. The molecule has 1 unspecified atom stereocenters. The van der Waals surface area contributed by atoms with Crippen molar-refractivity contribution in [3.8, 4) is 0 Å². The van der Waals surface area contributed by atoms with Crippen molar-refractivity contribution < 1.29 is 13.2 Å². The fourth-order valence-electron chi connectivity index (χ4n) is 2.81. The molecule has 0 saturated heterocycles. The molecule has 7 nitrogen and oxygen atoms in total. The van der Waals surface area contributed by atoms with Crippen LogP contribution in [0.4, 0.5) is 5.69 Å². The summed E-state index contributed by atoms with van der Waals surface area (Å²) in [6.45, 7) is 0.0669. The maximum absolute atomic E-state index is 12.7. The normalized spacial score (nSPS) is 11.8. The highest BCUT2D eigenvalue weighted by Crippen LogP contribution is 2.21. The van der Waals surface area contributed by atoms with Gasteiger partial charge in [-0.05, 0) is 48.0 Å². The Kier molecular flexibility index (Phi) is 10.6. The van der Waals surface area contributed by atoms with Gasteiger partial charge in [-0.1, -0.05) is 29.8 Å². The van der Waals surface area contributed by atoms with E-state index in [4.69, 9.17) is 17.3 Å². The van der Waals surface area contributed by atoms with Crippen LogP contribution in [-0.4, -0.2) is 37.2 Å². The van der Waals surface area contributed by atoms with Crippen LogP contribution in [0.1, 0.15) is 22.0 Å². The lowest BCUT2D eigenvalue weighted by Crippen LogP contribution is -2.34. The van der Waals surface area contributed by atoms with E-state index in [0.717, 1.165) is 0 Å². The average molecular weight is 518 g/mol. The number of nitrogens with one attached hydrogen (secondary N) is 1. The zero-order valence-electron chi connectivity index (χ0n) is 17.0. The molecule has 32 heavy (non-hydrogen) atoms. The maximum Gasteiger partial charge on any atom is 0.255 e. The molecule has 0 aliphatic rings. The van der Waals surface area contributed by atoms with Gasteiger partial charge in [0.2, 0.25) is 10.0 Å². The Labute approximate surface area is 204 Å². The summed E-state index contributed by atoms with van der Waals surface area (Å²) < 4.78 is 26.6. The largest absolute Gasteiger partial charge is 0.323 e. The van der Waals surface area contributed by atoms with Gasteiger partial charge in [0.25, 0.3) is 5.91 Å². The van der Waals surface area contributed by atoms with E-state index in [1.165, 1.54) is 23.5 Å². The SMILES string of the molecule is CN(CC(N)c1ccc(C(=O)Nc2ccncc2)cc1)S(=O)(=O)c1cccc(Cl)c1.Cl.Cl. The molecule has 0 saturated carbocycles. The fraction of sp³-hybridized carbons (Fsp3) is 0.143. The number of hydrogen-bond donors (Lipinski definition) is 2. The number of sulfonamides is 1. The lowest BCUT2D eigenvalue weighted by molar-refractivity contribution is 0.102. The number of pyridine rings is 1. The summed E-state index contributed by atoms with van der Waals surface area (Å²) in [7, 11) is -2.26. The van der Waals surface area contributed by atoms with E-state index in [1.54, 1.807) is 60.9 Å². The number of hydrogen-bond acceptors (Lipinski definition) is 5. The van der Waals surface area contributed by atoms with Crippen molar-refractivity contribution in [3.05, 3.63) is 89.2 Å². The Bertz CT molecular complexity index is 1130. The molecule has 3 aromatic rings. The number of carbonyl (C=O) groups excluding carboxylic acids is 1. The average Bonchev–Trinajstić information content (AvgIpc) is 2.74. The highest BCUT2D eigenvalue weighted by molar-refractivity contribution is 7.89. The molecule has 0 spiro atoms. The number of carbonyl (C=O) groups is 1. The third-order valence-corrected chi connectivity index (χ3v) is 6.55. The molecule has 1 atom stereocenters. The van der Waals surface area contributed by atoms with Crippen LogP contribution in [0.2, 0.25) is 5.02 Å². The number of halogens is 3. The molecular formula is C21H23Cl3N4O3S. The second-order valence-corrected chi connectivity index (χ2v) is 9.14. The van der Waals surface area contributed by atoms with Crippen molar-refractivity contribution in [2.75, 3.05) is 18.9 Å². The van der Waals surface area contributed by atoms with Gasteiger partial charge in [0.1, 0.15) is 0 Å². The first-order valence-electron chi connectivity index (χ1n) is 9.06. The van der Waals surface area contributed by atoms with Crippen molar-refractivity contribution in [2.24, 2.45) is 5.73 Å². The number of rotatable bonds is 7. The molecular weight excluding hydrogens is 495 g/mol. The molecule has 0 aliphatic carbocycles. The van der Waals surface area contributed by atoms with Crippen molar-refractivity contribution in [1.82, 2.24) is 9.29 Å². The second kappa shape index (κ2) is 12.2. The van der Waals surface area contributed by atoms with Gasteiger partial charge in [-0.25, -0.2) is 8.42 Å². The number of nitrogens with two attached hydrogens (primary N) is 1. The molecule has 0 bridgehead atoms. The van der Waals surface area contributed by atoms with Crippen molar-refractivity contribution in [2.45, 2.75) is 10.9 Å². The zero-order chi connectivity index (χ0) is 21.7. The van der Waals surface area contributed by atoms with Crippen LogP contribution in [0.3, 0.4) is 0 Å². The van der Waals surface area contributed by atoms with Gasteiger partial charge in [-0.15, -0.1) is 24.8 Å². The molecule has 1 aromatic heterocycles. The van der Waals surface area contributed by atoms with Crippen LogP contribution in [0.15, 0.2) is 78.0 Å². The molecule has 0 fully saturated rings. The molecule has 1 heterocycles. The topological polar surface area (TPSA) is 105 Å². The van der Waals surface area contributed by atoms with Gasteiger partial charge >= 0.3 is 0 Å². The van der Waals surface area contributed by atoms with Gasteiger partial charge in [0.15, 0.2) is 0 Å². The summed E-state index contributed by atoms with van der Waals surface area (Å²) in [6.07, 6.45) is 3.18. The first kappa shape index (κ1) is 27.8. The molecule has 2 aromatic carbocycles.